The van der Waals surface area contributed by atoms with E-state index in [1.165, 1.54) is 27.8 Å². The average molecular weight is 1240 g/mol. The van der Waals surface area contributed by atoms with E-state index in [2.05, 4.69) is 301 Å². The largest absolute Gasteiger partial charge is 0.355 e. The minimum atomic E-state index is 0. The lowest BCUT2D eigenvalue weighted by molar-refractivity contribution is -0.538. The number of hydrogen-bond acceptors (Lipinski definition) is 6. The fourth-order valence-electron chi connectivity index (χ4n) is 11.8. The van der Waals surface area contributed by atoms with Crippen molar-refractivity contribution in [2.45, 2.75) is 69.7 Å². The van der Waals surface area contributed by atoms with Gasteiger partial charge in [-0.05, 0) is 130 Å². The van der Waals surface area contributed by atoms with E-state index in [1.54, 1.807) is 0 Å². The van der Waals surface area contributed by atoms with E-state index in [4.69, 9.17) is 15.0 Å². The van der Waals surface area contributed by atoms with Crippen LogP contribution in [0.2, 0.25) is 0 Å². The number of fused-ring (bicyclic) bond motifs is 8. The van der Waals surface area contributed by atoms with Crippen LogP contribution in [0.5, 0.6) is 0 Å². The molecule has 0 saturated heterocycles. The van der Waals surface area contributed by atoms with E-state index in [1.807, 2.05) is 82.3 Å². The summed E-state index contributed by atoms with van der Waals surface area (Å²) in [5, 5.41) is 12.9. The van der Waals surface area contributed by atoms with Crippen molar-refractivity contribution < 1.29 is 13.7 Å². The Morgan fingerprint density at radius 1 is 0.242 bits per heavy atom. The van der Waals surface area contributed by atoms with Crippen LogP contribution in [0.25, 0.3) is 94.0 Å². The van der Waals surface area contributed by atoms with Gasteiger partial charge < -0.3 is 16.0 Å². The summed E-state index contributed by atoms with van der Waals surface area (Å²) < 4.78 is 6.94. The number of anilines is 6. The standard InChI is InChI=1S/C29H21N3.2C26H21N3.2C2H6.CH4/c1-20-16-17-25-27(18-20)32(22-12-6-3-7-13-22)28-19-26(30-21-10-4-2-5-11-21)23-14-8-9-15-24(23)29(28)31-25;2*1-18-8-12-22(13-9-18)29-25-16-19(2)10-14-23(25)28-24-15-11-21(17-26(24)29)27-20-6-4-3-5-7-20;2*1-2;/h2-19H,1H3;2*3-17H,1-2H3;2*1-2H3;1H4/p+3. The molecule has 0 aliphatic rings. The monoisotopic (exact) mass is 1240 g/mol. The molecule has 0 aliphatic carbocycles. The van der Waals surface area contributed by atoms with Gasteiger partial charge in [0, 0.05) is 112 Å². The first-order valence-electron chi connectivity index (χ1n) is 32.5. The lowest BCUT2D eigenvalue weighted by Crippen LogP contribution is -2.33. The number of aromatic nitrogens is 6. The van der Waals surface area contributed by atoms with E-state index < -0.39 is 0 Å². The van der Waals surface area contributed by atoms with Gasteiger partial charge in [-0.3, -0.25) is 0 Å². The minimum Gasteiger partial charge on any atom is -0.355 e. The third kappa shape index (κ3) is 14.4. The second-order valence-corrected chi connectivity index (χ2v) is 23.0. The number of aryl methyl sites for hydroxylation is 5. The van der Waals surface area contributed by atoms with Gasteiger partial charge in [-0.1, -0.05) is 186 Å². The van der Waals surface area contributed by atoms with Crippen LogP contribution in [-0.4, -0.2) is 15.0 Å². The van der Waals surface area contributed by atoms with Crippen LogP contribution in [0.1, 0.15) is 62.9 Å². The molecule has 16 aromatic rings. The summed E-state index contributed by atoms with van der Waals surface area (Å²) in [5.41, 5.74) is 28.4. The first-order chi connectivity index (χ1) is 46.1. The van der Waals surface area contributed by atoms with E-state index >= 15 is 0 Å². The molecule has 0 saturated carbocycles. The number of benzene rings is 13. The summed E-state index contributed by atoms with van der Waals surface area (Å²) in [6.07, 6.45) is 0. The van der Waals surface area contributed by atoms with Gasteiger partial charge in [0.05, 0.1) is 5.69 Å². The van der Waals surface area contributed by atoms with E-state index in [-0.39, 0.29) is 7.43 Å². The van der Waals surface area contributed by atoms with Crippen molar-refractivity contribution in [2.24, 2.45) is 0 Å². The Hall–Kier alpha value is -11.7. The van der Waals surface area contributed by atoms with Gasteiger partial charge in [0.15, 0.2) is 0 Å². The van der Waals surface area contributed by atoms with Crippen molar-refractivity contribution in [1.29, 1.82) is 0 Å². The molecule has 0 unspecified atom stereocenters. The van der Waals surface area contributed by atoms with E-state index in [0.717, 1.165) is 128 Å². The molecule has 3 heterocycles. The van der Waals surface area contributed by atoms with Crippen molar-refractivity contribution in [3.8, 4) is 17.1 Å². The molecule has 3 N–H and O–H groups in total. The Kier molecular flexibility index (Phi) is 20.3. The number of para-hydroxylation sites is 4. The second kappa shape index (κ2) is 29.7. The van der Waals surface area contributed by atoms with Crippen LogP contribution in [0.4, 0.5) is 34.1 Å². The van der Waals surface area contributed by atoms with Gasteiger partial charge in [-0.15, -0.1) is 13.7 Å². The van der Waals surface area contributed by atoms with Gasteiger partial charge >= 0.3 is 0 Å². The van der Waals surface area contributed by atoms with Gasteiger partial charge in [-0.25, -0.2) is 15.0 Å². The van der Waals surface area contributed by atoms with Crippen LogP contribution in [0, 0.1) is 34.6 Å². The zero-order chi connectivity index (χ0) is 65.1. The normalized spacial score (nSPS) is 10.7. The molecular formula is C86H82N9+3. The summed E-state index contributed by atoms with van der Waals surface area (Å²) in [4.78, 5) is 15.0. The van der Waals surface area contributed by atoms with Gasteiger partial charge in [0.1, 0.15) is 33.1 Å². The maximum atomic E-state index is 5.13. The molecule has 0 atom stereocenters. The van der Waals surface area contributed by atoms with Crippen LogP contribution in [0.15, 0.2) is 291 Å². The Morgan fingerprint density at radius 3 is 0.958 bits per heavy atom. The zero-order valence-electron chi connectivity index (χ0n) is 54.9. The van der Waals surface area contributed by atoms with Crippen molar-refractivity contribution in [1.82, 2.24) is 15.0 Å². The van der Waals surface area contributed by atoms with E-state index in [0.29, 0.717) is 0 Å². The van der Waals surface area contributed by atoms with E-state index in [9.17, 15) is 0 Å². The summed E-state index contributed by atoms with van der Waals surface area (Å²) >= 11 is 0. The first-order valence-corrected chi connectivity index (χ1v) is 32.5. The Balaban J connectivity index is 0.000000141. The maximum absolute atomic E-state index is 5.13. The molecule has 468 valence electrons. The van der Waals surface area contributed by atoms with Crippen LogP contribution in [0.3, 0.4) is 0 Å². The van der Waals surface area contributed by atoms with Crippen LogP contribution < -0.4 is 29.7 Å². The summed E-state index contributed by atoms with van der Waals surface area (Å²) in [5.74, 6) is 0. The minimum absolute atomic E-state index is 0. The highest BCUT2D eigenvalue weighted by atomic mass is 15.0. The Labute approximate surface area is 558 Å². The van der Waals surface area contributed by atoms with Gasteiger partial charge in [0.25, 0.3) is 0 Å². The molecule has 0 radical (unpaired) electrons. The predicted molar refractivity (Wildman–Crippen MR) is 402 cm³/mol. The lowest BCUT2D eigenvalue weighted by atomic mass is 10.0. The zero-order valence-corrected chi connectivity index (χ0v) is 54.9. The Bertz CT molecular complexity index is 5080. The van der Waals surface area contributed by atoms with Crippen molar-refractivity contribution >= 4 is 111 Å². The molecule has 0 bridgehead atoms. The molecule has 16 rings (SSSR count). The molecule has 9 heteroatoms. The van der Waals surface area contributed by atoms with Gasteiger partial charge in [-0.2, -0.15) is 0 Å². The number of rotatable bonds is 9. The molecule has 0 fully saturated rings. The molecule has 3 aromatic heterocycles. The highest BCUT2D eigenvalue weighted by Gasteiger charge is 2.25. The third-order valence-electron chi connectivity index (χ3n) is 16.3. The lowest BCUT2D eigenvalue weighted by Gasteiger charge is -2.13. The molecule has 9 nitrogen and oxygen atoms in total. The first kappa shape index (κ1) is 64.8. The topological polar surface area (TPSA) is 86.4 Å². The average Bonchev–Trinajstić information content (AvgIpc) is 0.748. The second-order valence-electron chi connectivity index (χ2n) is 23.0. The fourth-order valence-corrected chi connectivity index (χ4v) is 11.8. The molecular weight excluding hydrogens is 1160 g/mol. The SMILES string of the molecule is C.CC.CC.Cc1ccc(-[n+]2c3cc(C)ccc3nc3ccc(Nc4ccccc4)cc32)cc1.Cc1ccc(-[n+]2c3cc(C)ccc3nc3ccc(Nc4ccccc4)cc32)cc1.Cc1ccc2nc3c4ccccc4c(Nc4ccccc4)cc3[n+](-c3ccccc3)c2c1. The van der Waals surface area contributed by atoms with Crippen LogP contribution >= 0.6 is 0 Å². The highest BCUT2D eigenvalue weighted by Crippen LogP contribution is 2.34. The third-order valence-corrected chi connectivity index (χ3v) is 16.3. The summed E-state index contributed by atoms with van der Waals surface area (Å²) in [6, 6.07) is 101. The predicted octanol–water partition coefficient (Wildman–Crippen LogP) is 21.6. The maximum Gasteiger partial charge on any atom is 0.240 e. The number of nitrogens with zero attached hydrogens (tertiary/aromatic N) is 6. The number of hydrogen-bond donors (Lipinski definition) is 3. The molecule has 95 heavy (non-hydrogen) atoms. The molecule has 0 amide bonds. The summed E-state index contributed by atoms with van der Waals surface area (Å²) in [7, 11) is 0. The molecule has 13 aromatic carbocycles. The van der Waals surface area contributed by atoms with Crippen molar-refractivity contribution in [3.05, 3.63) is 319 Å². The van der Waals surface area contributed by atoms with Crippen molar-refractivity contribution in [2.75, 3.05) is 16.0 Å². The molecule has 0 spiro atoms. The highest BCUT2D eigenvalue weighted by molar-refractivity contribution is 6.11. The molecule has 0 aliphatic heterocycles. The summed E-state index contributed by atoms with van der Waals surface area (Å²) in [6.45, 7) is 18.6. The fraction of sp³-hybridized carbons (Fsp3) is 0.116. The number of nitrogens with one attached hydrogen (secondary N) is 3. The smallest absolute Gasteiger partial charge is 0.240 e. The quantitative estimate of drug-likeness (QED) is 0.0758. The Morgan fingerprint density at radius 2 is 0.547 bits per heavy atom. The van der Waals surface area contributed by atoms with Crippen molar-refractivity contribution in [3.63, 3.8) is 0 Å². The van der Waals surface area contributed by atoms with Gasteiger partial charge in [0.2, 0.25) is 50.2 Å². The van der Waals surface area contributed by atoms with Crippen LogP contribution in [-0.2, 0) is 0 Å².